The topological polar surface area (TPSA) is 96.8 Å². The minimum atomic E-state index is -3.65. The first kappa shape index (κ1) is 24.7. The summed E-state index contributed by atoms with van der Waals surface area (Å²) in [6.07, 6.45) is 0. The summed E-state index contributed by atoms with van der Waals surface area (Å²) >= 11 is 0. The third-order valence-corrected chi connectivity index (χ3v) is 7.90. The minimum Gasteiger partial charge on any atom is -0.334 e. The maximum Gasteiger partial charge on any atom is 0.317 e. The van der Waals surface area contributed by atoms with Crippen molar-refractivity contribution in [3.05, 3.63) is 65.2 Å². The van der Waals surface area contributed by atoms with E-state index in [0.29, 0.717) is 25.2 Å². The molecule has 1 saturated heterocycles. The second-order valence-electron chi connectivity index (χ2n) is 7.92. The van der Waals surface area contributed by atoms with Gasteiger partial charge in [-0.15, -0.1) is 0 Å². The molecule has 0 spiro atoms. The van der Waals surface area contributed by atoms with Gasteiger partial charge in [0.1, 0.15) is 0 Å². The number of rotatable bonds is 8. The van der Waals surface area contributed by atoms with Gasteiger partial charge in [0, 0.05) is 39.3 Å². The fourth-order valence-electron chi connectivity index (χ4n) is 3.84. The molecule has 0 aliphatic carbocycles. The van der Waals surface area contributed by atoms with Crippen molar-refractivity contribution in [2.45, 2.75) is 31.8 Å². The highest BCUT2D eigenvalue weighted by molar-refractivity contribution is 7.89. The van der Waals surface area contributed by atoms with Crippen LogP contribution in [-0.4, -0.2) is 67.8 Å². The molecule has 0 unspecified atom stereocenters. The van der Waals surface area contributed by atoms with Crippen molar-refractivity contribution in [1.29, 1.82) is 5.26 Å². The fraction of sp³-hybridized carbons (Fsp3) is 0.417. The molecule has 1 heterocycles. The molecule has 1 N–H and O–H groups in total. The molecule has 2 aromatic rings. The average Bonchev–Trinajstić information content (AvgIpc) is 2.86. The molecule has 0 aromatic heterocycles. The van der Waals surface area contributed by atoms with E-state index in [0.717, 1.165) is 25.2 Å². The Morgan fingerprint density at radius 2 is 1.61 bits per heavy atom. The molecule has 1 aliphatic rings. The Bertz CT molecular complexity index is 1080. The quantitative estimate of drug-likeness (QED) is 0.641. The number of carbonyl (C=O) groups excluding carboxylic acids is 1. The second kappa shape index (κ2) is 11.3. The lowest BCUT2D eigenvalue weighted by Gasteiger charge is -2.34. The number of urea groups is 1. The zero-order valence-electron chi connectivity index (χ0n) is 19.2. The zero-order chi connectivity index (χ0) is 23.8. The number of amides is 2. The Hall–Kier alpha value is -2.93. The molecule has 2 amide bonds. The Balaban J connectivity index is 1.55. The first-order valence-corrected chi connectivity index (χ1v) is 12.6. The molecular weight excluding hydrogens is 438 g/mol. The van der Waals surface area contributed by atoms with Gasteiger partial charge in [-0.05, 0) is 48.5 Å². The molecule has 8 nitrogen and oxygen atoms in total. The van der Waals surface area contributed by atoms with Crippen LogP contribution < -0.4 is 5.32 Å². The van der Waals surface area contributed by atoms with E-state index < -0.39 is 10.0 Å². The number of nitrogens with one attached hydrogen (secondary N) is 1. The fourth-order valence-corrected chi connectivity index (χ4v) is 5.26. The van der Waals surface area contributed by atoms with Crippen LogP contribution >= 0.6 is 0 Å². The van der Waals surface area contributed by atoms with Crippen molar-refractivity contribution in [1.82, 2.24) is 19.4 Å². The highest BCUT2D eigenvalue weighted by Gasteiger charge is 2.30. The van der Waals surface area contributed by atoms with E-state index in [-0.39, 0.29) is 24.0 Å². The van der Waals surface area contributed by atoms with E-state index in [1.807, 2.05) is 24.3 Å². The number of hydrogen-bond donors (Lipinski definition) is 1. The molecule has 0 bridgehead atoms. The first-order chi connectivity index (χ1) is 15.9. The Morgan fingerprint density at radius 1 is 1.00 bits per heavy atom. The van der Waals surface area contributed by atoms with Crippen molar-refractivity contribution in [3.8, 4) is 6.07 Å². The number of nitrogens with zero attached hydrogens (tertiary/aromatic N) is 4. The molecule has 0 radical (unpaired) electrons. The van der Waals surface area contributed by atoms with E-state index in [2.05, 4.69) is 30.1 Å². The maximum absolute atomic E-state index is 12.9. The SMILES string of the molecule is CCN(CC)Cc1ccccc1CNC(=O)N1CCN(S(=O)(=O)c2ccc(C#N)cc2)CC1. The van der Waals surface area contributed by atoms with Gasteiger partial charge in [-0.2, -0.15) is 9.57 Å². The smallest absolute Gasteiger partial charge is 0.317 e. The van der Waals surface area contributed by atoms with Crippen LogP contribution in [0.2, 0.25) is 0 Å². The molecular formula is C24H31N5O3S. The summed E-state index contributed by atoms with van der Waals surface area (Å²) in [6, 6.07) is 15.8. The number of hydrogen-bond acceptors (Lipinski definition) is 5. The Kier molecular flexibility index (Phi) is 8.44. The van der Waals surface area contributed by atoms with Crippen LogP contribution in [0, 0.1) is 11.3 Å². The van der Waals surface area contributed by atoms with Gasteiger partial charge in [0.2, 0.25) is 10.0 Å². The summed E-state index contributed by atoms with van der Waals surface area (Å²) in [5, 5.41) is 11.9. The van der Waals surface area contributed by atoms with Crippen LogP contribution in [-0.2, 0) is 23.1 Å². The lowest BCUT2D eigenvalue weighted by Crippen LogP contribution is -2.53. The number of carbonyl (C=O) groups is 1. The van der Waals surface area contributed by atoms with E-state index in [4.69, 9.17) is 5.26 Å². The average molecular weight is 470 g/mol. The molecule has 9 heteroatoms. The number of piperazine rings is 1. The molecule has 0 atom stereocenters. The van der Waals surface area contributed by atoms with E-state index in [9.17, 15) is 13.2 Å². The lowest BCUT2D eigenvalue weighted by molar-refractivity contribution is 0.172. The van der Waals surface area contributed by atoms with Crippen molar-refractivity contribution in [2.24, 2.45) is 0 Å². The van der Waals surface area contributed by atoms with E-state index >= 15 is 0 Å². The predicted octanol–water partition coefficient (Wildman–Crippen LogP) is 2.62. The Labute approximate surface area is 196 Å². The lowest BCUT2D eigenvalue weighted by atomic mass is 10.1. The number of nitriles is 1. The Morgan fingerprint density at radius 3 is 2.18 bits per heavy atom. The van der Waals surface area contributed by atoms with Gasteiger partial charge >= 0.3 is 6.03 Å². The van der Waals surface area contributed by atoms with Crippen LogP contribution in [0.3, 0.4) is 0 Å². The van der Waals surface area contributed by atoms with Gasteiger partial charge < -0.3 is 10.2 Å². The van der Waals surface area contributed by atoms with Gasteiger partial charge in [0.15, 0.2) is 0 Å². The number of benzene rings is 2. The van der Waals surface area contributed by atoms with Gasteiger partial charge in [-0.3, -0.25) is 4.90 Å². The molecule has 0 saturated carbocycles. The van der Waals surface area contributed by atoms with Gasteiger partial charge in [-0.25, -0.2) is 13.2 Å². The van der Waals surface area contributed by atoms with Crippen molar-refractivity contribution in [3.63, 3.8) is 0 Å². The summed E-state index contributed by atoms with van der Waals surface area (Å²) < 4.78 is 27.1. The summed E-state index contributed by atoms with van der Waals surface area (Å²) in [7, 11) is -3.65. The standard InChI is InChI=1S/C24H31N5O3S/c1-3-27(4-2)19-22-8-6-5-7-21(22)18-26-24(30)28-13-15-29(16-14-28)33(31,32)23-11-9-20(17-25)10-12-23/h5-12H,3-4,13-16,18-19H2,1-2H3,(H,26,30). The highest BCUT2D eigenvalue weighted by Crippen LogP contribution is 2.18. The number of sulfonamides is 1. The van der Waals surface area contributed by atoms with Crippen LogP contribution in [0.25, 0.3) is 0 Å². The van der Waals surface area contributed by atoms with Crippen molar-refractivity contribution < 1.29 is 13.2 Å². The van der Waals surface area contributed by atoms with Gasteiger partial charge in [0.05, 0.1) is 16.5 Å². The summed E-state index contributed by atoms with van der Waals surface area (Å²) in [5.41, 5.74) is 2.69. The van der Waals surface area contributed by atoms with Gasteiger partial charge in [-0.1, -0.05) is 38.1 Å². The third kappa shape index (κ3) is 6.11. The summed E-state index contributed by atoms with van der Waals surface area (Å²) in [6.45, 7) is 8.57. The molecule has 1 aliphatic heterocycles. The first-order valence-electron chi connectivity index (χ1n) is 11.2. The van der Waals surface area contributed by atoms with Crippen LogP contribution in [0.4, 0.5) is 4.79 Å². The van der Waals surface area contributed by atoms with Gasteiger partial charge in [0.25, 0.3) is 0 Å². The highest BCUT2D eigenvalue weighted by atomic mass is 32.2. The molecule has 2 aromatic carbocycles. The normalized spacial score (nSPS) is 14.8. The zero-order valence-corrected chi connectivity index (χ0v) is 20.0. The van der Waals surface area contributed by atoms with Crippen LogP contribution in [0.15, 0.2) is 53.4 Å². The van der Waals surface area contributed by atoms with Crippen LogP contribution in [0.5, 0.6) is 0 Å². The largest absolute Gasteiger partial charge is 0.334 e. The summed E-state index contributed by atoms with van der Waals surface area (Å²) in [4.78, 5) is 16.9. The predicted molar refractivity (Wildman–Crippen MR) is 127 cm³/mol. The molecule has 3 rings (SSSR count). The van der Waals surface area contributed by atoms with E-state index in [1.165, 1.54) is 34.1 Å². The third-order valence-electron chi connectivity index (χ3n) is 5.98. The van der Waals surface area contributed by atoms with Crippen molar-refractivity contribution >= 4 is 16.1 Å². The second-order valence-corrected chi connectivity index (χ2v) is 9.85. The summed E-state index contributed by atoms with van der Waals surface area (Å²) in [5.74, 6) is 0. The van der Waals surface area contributed by atoms with Crippen molar-refractivity contribution in [2.75, 3.05) is 39.3 Å². The minimum absolute atomic E-state index is 0.157. The van der Waals surface area contributed by atoms with E-state index in [1.54, 1.807) is 4.90 Å². The molecule has 1 fully saturated rings. The molecule has 33 heavy (non-hydrogen) atoms. The maximum atomic E-state index is 12.9. The van der Waals surface area contributed by atoms with Crippen LogP contribution in [0.1, 0.15) is 30.5 Å². The monoisotopic (exact) mass is 469 g/mol. The molecule has 176 valence electrons.